The second-order valence-corrected chi connectivity index (χ2v) is 5.96. The molecule has 20 heavy (non-hydrogen) atoms. The molecule has 0 N–H and O–H groups in total. The molecule has 1 aliphatic heterocycles. The first-order valence-corrected chi connectivity index (χ1v) is 7.91. The highest BCUT2D eigenvalue weighted by Gasteiger charge is 2.17. The maximum Gasteiger partial charge on any atom is 0.111 e. The number of ether oxygens (including phenoxy) is 1. The predicted molar refractivity (Wildman–Crippen MR) is 82.4 cm³/mol. The number of para-hydroxylation sites is 1. The second-order valence-electron chi connectivity index (χ2n) is 5.58. The number of imidazole rings is 1. The van der Waals surface area contributed by atoms with Crippen LogP contribution in [-0.4, -0.2) is 28.6 Å². The van der Waals surface area contributed by atoms with E-state index in [2.05, 4.69) is 29.7 Å². The number of fused-ring (bicyclic) bond motifs is 1. The maximum atomic E-state index is 5.93. The van der Waals surface area contributed by atoms with Gasteiger partial charge in [0.05, 0.1) is 11.0 Å². The first-order chi connectivity index (χ1) is 9.79. The van der Waals surface area contributed by atoms with Gasteiger partial charge in [-0.25, -0.2) is 4.98 Å². The molecule has 2 heterocycles. The van der Waals surface area contributed by atoms with Gasteiger partial charge < -0.3 is 9.30 Å². The first kappa shape index (κ1) is 13.9. The number of aryl methyl sites for hydroxylation is 3. The summed E-state index contributed by atoms with van der Waals surface area (Å²) in [5.74, 6) is 2.43. The van der Waals surface area contributed by atoms with E-state index in [1.807, 2.05) is 0 Å². The van der Waals surface area contributed by atoms with E-state index >= 15 is 0 Å². The lowest BCUT2D eigenvalue weighted by molar-refractivity contribution is 0.183. The SMILES string of the molecule is Cc1cccc2c1nc(CCCl)n2CCC1CCOC1. The van der Waals surface area contributed by atoms with Crippen molar-refractivity contribution < 1.29 is 4.74 Å². The Bertz CT molecular complexity index is 587. The normalized spacial score (nSPS) is 19.0. The fraction of sp³-hybridized carbons (Fsp3) is 0.562. The molecule has 1 saturated heterocycles. The lowest BCUT2D eigenvalue weighted by Crippen LogP contribution is -2.09. The van der Waals surface area contributed by atoms with Crippen LogP contribution >= 0.6 is 11.6 Å². The van der Waals surface area contributed by atoms with Crippen LogP contribution in [0.25, 0.3) is 11.0 Å². The third kappa shape index (κ3) is 2.70. The van der Waals surface area contributed by atoms with Gasteiger partial charge in [-0.1, -0.05) is 12.1 Å². The molecule has 3 rings (SSSR count). The Morgan fingerprint density at radius 3 is 3.10 bits per heavy atom. The summed E-state index contributed by atoms with van der Waals surface area (Å²) in [4.78, 5) is 4.79. The van der Waals surface area contributed by atoms with Gasteiger partial charge in [-0.2, -0.15) is 0 Å². The summed E-state index contributed by atoms with van der Waals surface area (Å²) in [6.07, 6.45) is 3.18. The van der Waals surface area contributed by atoms with Crippen LogP contribution < -0.4 is 0 Å². The Balaban J connectivity index is 1.89. The van der Waals surface area contributed by atoms with E-state index in [1.54, 1.807) is 0 Å². The predicted octanol–water partition coefficient (Wildman–Crippen LogP) is 3.55. The maximum absolute atomic E-state index is 5.93. The lowest BCUT2D eigenvalue weighted by atomic mass is 10.1. The molecule has 1 atom stereocenters. The summed E-state index contributed by atoms with van der Waals surface area (Å²) < 4.78 is 7.82. The molecule has 4 heteroatoms. The molecule has 1 fully saturated rings. The van der Waals surface area contributed by atoms with Crippen LogP contribution in [0.5, 0.6) is 0 Å². The standard InChI is InChI=1S/C16H21ClN2O/c1-12-3-2-4-14-16(12)18-15(5-8-17)19(14)9-6-13-7-10-20-11-13/h2-4,13H,5-11H2,1H3. The molecule has 0 aliphatic carbocycles. The average Bonchev–Trinajstić information content (AvgIpc) is 3.05. The number of hydrogen-bond donors (Lipinski definition) is 0. The van der Waals surface area contributed by atoms with Crippen LogP contribution in [0, 0.1) is 12.8 Å². The van der Waals surface area contributed by atoms with Crippen LogP contribution in [0.4, 0.5) is 0 Å². The van der Waals surface area contributed by atoms with Gasteiger partial charge in [-0.3, -0.25) is 0 Å². The van der Waals surface area contributed by atoms with Crippen LogP contribution in [-0.2, 0) is 17.7 Å². The molecule has 108 valence electrons. The zero-order valence-corrected chi connectivity index (χ0v) is 12.7. The van der Waals surface area contributed by atoms with E-state index in [0.29, 0.717) is 11.8 Å². The Hall–Kier alpha value is -1.06. The molecule has 1 unspecified atom stereocenters. The highest BCUT2D eigenvalue weighted by molar-refractivity contribution is 6.17. The number of alkyl halides is 1. The van der Waals surface area contributed by atoms with Gasteiger partial charge in [0.25, 0.3) is 0 Å². The van der Waals surface area contributed by atoms with Gasteiger partial charge >= 0.3 is 0 Å². The highest BCUT2D eigenvalue weighted by Crippen LogP contribution is 2.23. The van der Waals surface area contributed by atoms with Crippen molar-refractivity contribution in [3.8, 4) is 0 Å². The van der Waals surface area contributed by atoms with Crippen molar-refractivity contribution in [3.05, 3.63) is 29.6 Å². The zero-order valence-electron chi connectivity index (χ0n) is 11.9. The van der Waals surface area contributed by atoms with Crippen LogP contribution in [0.2, 0.25) is 0 Å². The third-order valence-electron chi connectivity index (χ3n) is 4.16. The fourth-order valence-corrected chi connectivity index (χ4v) is 3.15. The summed E-state index contributed by atoms with van der Waals surface area (Å²) in [6, 6.07) is 6.40. The Kier molecular flexibility index (Phi) is 4.27. The zero-order chi connectivity index (χ0) is 13.9. The summed E-state index contributed by atoms with van der Waals surface area (Å²) in [5, 5.41) is 0. The molecule has 1 aromatic carbocycles. The van der Waals surface area contributed by atoms with Crippen molar-refractivity contribution in [1.82, 2.24) is 9.55 Å². The number of nitrogens with zero attached hydrogens (tertiary/aromatic N) is 2. The molecule has 0 amide bonds. The van der Waals surface area contributed by atoms with E-state index in [9.17, 15) is 0 Å². The topological polar surface area (TPSA) is 27.1 Å². The molecule has 0 saturated carbocycles. The van der Waals surface area contributed by atoms with Crippen molar-refractivity contribution in [1.29, 1.82) is 0 Å². The van der Waals surface area contributed by atoms with Gasteiger partial charge in [0.1, 0.15) is 5.82 Å². The molecule has 0 radical (unpaired) electrons. The van der Waals surface area contributed by atoms with Crippen molar-refractivity contribution in [2.45, 2.75) is 32.7 Å². The van der Waals surface area contributed by atoms with Crippen molar-refractivity contribution >= 4 is 22.6 Å². The summed E-state index contributed by atoms with van der Waals surface area (Å²) in [5.41, 5.74) is 3.60. The third-order valence-corrected chi connectivity index (χ3v) is 4.35. The van der Waals surface area contributed by atoms with E-state index in [4.69, 9.17) is 21.3 Å². The smallest absolute Gasteiger partial charge is 0.111 e. The molecule has 2 aromatic rings. The number of rotatable bonds is 5. The molecular weight excluding hydrogens is 272 g/mol. The second kappa shape index (κ2) is 6.15. The Morgan fingerprint density at radius 1 is 1.45 bits per heavy atom. The van der Waals surface area contributed by atoms with E-state index in [-0.39, 0.29) is 0 Å². The van der Waals surface area contributed by atoms with Gasteiger partial charge in [0.15, 0.2) is 0 Å². The van der Waals surface area contributed by atoms with Crippen molar-refractivity contribution in [2.75, 3.05) is 19.1 Å². The quantitative estimate of drug-likeness (QED) is 0.788. The molecule has 0 bridgehead atoms. The first-order valence-electron chi connectivity index (χ1n) is 7.38. The Labute approximate surface area is 124 Å². The number of aromatic nitrogens is 2. The van der Waals surface area contributed by atoms with E-state index < -0.39 is 0 Å². The van der Waals surface area contributed by atoms with Crippen LogP contribution in [0.3, 0.4) is 0 Å². The molecule has 0 spiro atoms. The monoisotopic (exact) mass is 292 g/mol. The number of halogens is 1. The summed E-state index contributed by atoms with van der Waals surface area (Å²) in [6.45, 7) is 4.97. The minimum absolute atomic E-state index is 0.620. The van der Waals surface area contributed by atoms with Crippen LogP contribution in [0.15, 0.2) is 18.2 Å². The van der Waals surface area contributed by atoms with Gasteiger partial charge in [0, 0.05) is 32.1 Å². The lowest BCUT2D eigenvalue weighted by Gasteiger charge is -2.11. The highest BCUT2D eigenvalue weighted by atomic mass is 35.5. The summed E-state index contributed by atoms with van der Waals surface area (Å²) >= 11 is 5.93. The van der Waals surface area contributed by atoms with E-state index in [0.717, 1.165) is 43.9 Å². The fourth-order valence-electron chi connectivity index (χ4n) is 2.98. The molecular formula is C16H21ClN2O. The number of benzene rings is 1. The van der Waals surface area contributed by atoms with Gasteiger partial charge in [-0.15, -0.1) is 11.6 Å². The van der Waals surface area contributed by atoms with Crippen molar-refractivity contribution in [2.24, 2.45) is 5.92 Å². The van der Waals surface area contributed by atoms with Gasteiger partial charge in [0.2, 0.25) is 0 Å². The average molecular weight is 293 g/mol. The molecule has 1 aliphatic rings. The molecule has 1 aromatic heterocycles. The van der Waals surface area contributed by atoms with Crippen molar-refractivity contribution in [3.63, 3.8) is 0 Å². The summed E-state index contributed by atoms with van der Waals surface area (Å²) in [7, 11) is 0. The van der Waals surface area contributed by atoms with Crippen LogP contribution in [0.1, 0.15) is 24.2 Å². The largest absolute Gasteiger partial charge is 0.381 e. The minimum atomic E-state index is 0.620. The number of hydrogen-bond acceptors (Lipinski definition) is 2. The minimum Gasteiger partial charge on any atom is -0.381 e. The molecule has 3 nitrogen and oxygen atoms in total. The van der Waals surface area contributed by atoms with Gasteiger partial charge in [-0.05, 0) is 37.3 Å². The Morgan fingerprint density at radius 2 is 2.35 bits per heavy atom. The van der Waals surface area contributed by atoms with E-state index in [1.165, 1.54) is 17.5 Å².